The molecule has 0 amide bonds. The molecule has 1 atom stereocenters. The summed E-state index contributed by atoms with van der Waals surface area (Å²) in [5, 5.41) is 0. The van der Waals surface area contributed by atoms with Gasteiger partial charge in [-0.25, -0.2) is 0 Å². The highest BCUT2D eigenvalue weighted by Crippen LogP contribution is 1.97. The maximum absolute atomic E-state index is 9.81. The SMILES string of the molecule is CP.O=CCc1ccco1. The van der Waals surface area contributed by atoms with Crippen molar-refractivity contribution in [3.05, 3.63) is 24.2 Å². The summed E-state index contributed by atoms with van der Waals surface area (Å²) in [5.74, 6) is 0.722. The Hall–Kier alpha value is -0.620. The van der Waals surface area contributed by atoms with Gasteiger partial charge in [-0.1, -0.05) is 6.66 Å². The lowest BCUT2D eigenvalue weighted by Crippen LogP contribution is -1.78. The van der Waals surface area contributed by atoms with Gasteiger partial charge in [-0.3, -0.25) is 0 Å². The molecule has 0 aliphatic heterocycles. The predicted molar refractivity (Wildman–Crippen MR) is 44.1 cm³/mol. The molecule has 1 aromatic heterocycles. The van der Waals surface area contributed by atoms with Crippen LogP contribution in [0.3, 0.4) is 0 Å². The van der Waals surface area contributed by atoms with Gasteiger partial charge >= 0.3 is 0 Å². The molecule has 10 heavy (non-hydrogen) atoms. The van der Waals surface area contributed by atoms with Crippen molar-refractivity contribution in [1.29, 1.82) is 0 Å². The fourth-order valence-electron chi connectivity index (χ4n) is 0.511. The molecule has 0 fully saturated rings. The molecule has 1 unspecified atom stereocenters. The summed E-state index contributed by atoms with van der Waals surface area (Å²) < 4.78 is 4.84. The Morgan fingerprint density at radius 2 is 2.40 bits per heavy atom. The minimum absolute atomic E-state index is 0.382. The van der Waals surface area contributed by atoms with Crippen LogP contribution in [0, 0.1) is 0 Å². The van der Waals surface area contributed by atoms with E-state index in [2.05, 4.69) is 9.24 Å². The molecule has 3 heteroatoms. The Bertz CT molecular complexity index is 158. The average Bonchev–Trinajstić information content (AvgIpc) is 2.46. The number of carbonyl (C=O) groups is 1. The lowest BCUT2D eigenvalue weighted by Gasteiger charge is -1.79. The van der Waals surface area contributed by atoms with Crippen molar-refractivity contribution in [2.24, 2.45) is 0 Å². The number of rotatable bonds is 2. The third-order valence-electron chi connectivity index (χ3n) is 0.865. The van der Waals surface area contributed by atoms with Gasteiger partial charge in [0.15, 0.2) is 0 Å². The van der Waals surface area contributed by atoms with Gasteiger partial charge in [0.1, 0.15) is 12.0 Å². The standard InChI is InChI=1S/C6H6O2.CH5P/c7-4-3-6-2-1-5-8-6;1-2/h1-2,4-5H,3H2;2H2,1H3. The number of furan rings is 1. The summed E-state index contributed by atoms with van der Waals surface area (Å²) in [5.41, 5.74) is 0. The number of hydrogen-bond donors (Lipinski definition) is 0. The summed E-state index contributed by atoms with van der Waals surface area (Å²) in [4.78, 5) is 9.81. The normalized spacial score (nSPS) is 7.80. The highest BCUT2D eigenvalue weighted by atomic mass is 31.0. The largest absolute Gasteiger partial charge is 0.469 e. The van der Waals surface area contributed by atoms with Crippen LogP contribution in [0.1, 0.15) is 5.76 Å². The molecule has 0 bridgehead atoms. The van der Waals surface area contributed by atoms with Crippen molar-refractivity contribution in [2.45, 2.75) is 6.42 Å². The topological polar surface area (TPSA) is 30.2 Å². The lowest BCUT2D eigenvalue weighted by atomic mass is 10.4. The summed E-state index contributed by atoms with van der Waals surface area (Å²) in [6.45, 7) is 1.92. The summed E-state index contributed by atoms with van der Waals surface area (Å²) in [6, 6.07) is 3.53. The van der Waals surface area contributed by atoms with Gasteiger partial charge in [0.2, 0.25) is 0 Å². The van der Waals surface area contributed by atoms with E-state index in [9.17, 15) is 4.79 Å². The maximum Gasteiger partial charge on any atom is 0.127 e. The van der Waals surface area contributed by atoms with E-state index in [4.69, 9.17) is 4.42 Å². The van der Waals surface area contributed by atoms with Crippen LogP contribution in [0.25, 0.3) is 0 Å². The molecule has 1 aromatic rings. The maximum atomic E-state index is 9.81. The Labute approximate surface area is 62.8 Å². The molecule has 2 nitrogen and oxygen atoms in total. The first kappa shape index (κ1) is 9.38. The monoisotopic (exact) mass is 158 g/mol. The third-order valence-corrected chi connectivity index (χ3v) is 0.865. The smallest absolute Gasteiger partial charge is 0.127 e. The van der Waals surface area contributed by atoms with E-state index in [1.165, 1.54) is 0 Å². The molecule has 56 valence electrons. The Morgan fingerprint density at radius 3 is 2.80 bits per heavy atom. The van der Waals surface area contributed by atoms with Crippen molar-refractivity contribution in [3.63, 3.8) is 0 Å². The fourth-order valence-corrected chi connectivity index (χ4v) is 0.511. The van der Waals surface area contributed by atoms with Gasteiger partial charge in [0.05, 0.1) is 12.7 Å². The average molecular weight is 158 g/mol. The van der Waals surface area contributed by atoms with Crippen LogP contribution >= 0.6 is 9.24 Å². The first-order valence-electron chi connectivity index (χ1n) is 2.97. The van der Waals surface area contributed by atoms with Crippen LogP contribution in [0.4, 0.5) is 0 Å². The van der Waals surface area contributed by atoms with E-state index in [0.717, 1.165) is 12.0 Å². The van der Waals surface area contributed by atoms with Crippen LogP contribution in [-0.4, -0.2) is 13.0 Å². The molecule has 0 aliphatic rings. The number of carbonyl (C=O) groups excluding carboxylic acids is 1. The van der Waals surface area contributed by atoms with Crippen molar-refractivity contribution in [2.75, 3.05) is 6.66 Å². The summed E-state index contributed by atoms with van der Waals surface area (Å²) in [7, 11) is 2.42. The predicted octanol–water partition coefficient (Wildman–Crippen LogP) is 1.51. The zero-order valence-electron chi connectivity index (χ0n) is 5.91. The van der Waals surface area contributed by atoms with Gasteiger partial charge in [-0.05, 0) is 12.1 Å². The molecule has 1 rings (SSSR count). The highest BCUT2D eigenvalue weighted by Gasteiger charge is 1.89. The van der Waals surface area contributed by atoms with Crippen LogP contribution in [-0.2, 0) is 11.2 Å². The van der Waals surface area contributed by atoms with Crippen LogP contribution in [0.15, 0.2) is 22.8 Å². The van der Waals surface area contributed by atoms with Crippen molar-refractivity contribution in [1.82, 2.24) is 0 Å². The van der Waals surface area contributed by atoms with Gasteiger partial charge in [-0.2, -0.15) is 0 Å². The van der Waals surface area contributed by atoms with Crippen molar-refractivity contribution < 1.29 is 9.21 Å². The molecular weight excluding hydrogens is 147 g/mol. The van der Waals surface area contributed by atoms with E-state index in [-0.39, 0.29) is 0 Å². The first-order chi connectivity index (χ1) is 4.93. The van der Waals surface area contributed by atoms with Crippen LogP contribution in [0.5, 0.6) is 0 Å². The number of aldehydes is 1. The molecule has 0 radical (unpaired) electrons. The second kappa shape index (κ2) is 6.50. The van der Waals surface area contributed by atoms with Crippen molar-refractivity contribution >= 4 is 15.5 Å². The van der Waals surface area contributed by atoms with Crippen molar-refractivity contribution in [3.8, 4) is 0 Å². The molecule has 0 aliphatic carbocycles. The van der Waals surface area contributed by atoms with Gasteiger partial charge in [-0.15, -0.1) is 9.24 Å². The zero-order chi connectivity index (χ0) is 7.82. The minimum atomic E-state index is 0.382. The lowest BCUT2D eigenvalue weighted by molar-refractivity contribution is -0.107. The summed E-state index contributed by atoms with van der Waals surface area (Å²) >= 11 is 0. The van der Waals surface area contributed by atoms with E-state index >= 15 is 0 Å². The molecule has 0 saturated heterocycles. The molecule has 0 N–H and O–H groups in total. The molecule has 0 saturated carbocycles. The Kier molecular flexibility index (Phi) is 6.10. The van der Waals surface area contributed by atoms with Gasteiger partial charge in [0, 0.05) is 0 Å². The van der Waals surface area contributed by atoms with Crippen LogP contribution < -0.4 is 0 Å². The van der Waals surface area contributed by atoms with E-state index in [1.54, 1.807) is 18.4 Å². The quantitative estimate of drug-likeness (QED) is 0.482. The molecule has 0 spiro atoms. The summed E-state index contributed by atoms with van der Waals surface area (Å²) in [6.07, 6.45) is 2.75. The van der Waals surface area contributed by atoms with Crippen LogP contribution in [0.2, 0.25) is 0 Å². The van der Waals surface area contributed by atoms with Gasteiger partial charge in [0.25, 0.3) is 0 Å². The third kappa shape index (κ3) is 3.41. The Morgan fingerprint density at radius 1 is 1.70 bits per heavy atom. The van der Waals surface area contributed by atoms with E-state index in [1.807, 2.05) is 6.66 Å². The minimum Gasteiger partial charge on any atom is -0.469 e. The highest BCUT2D eigenvalue weighted by molar-refractivity contribution is 7.15. The zero-order valence-corrected chi connectivity index (χ0v) is 7.07. The second-order valence-corrected chi connectivity index (χ2v) is 1.45. The number of hydrogen-bond acceptors (Lipinski definition) is 2. The van der Waals surface area contributed by atoms with E-state index < -0.39 is 0 Å². The molecule has 1 heterocycles. The van der Waals surface area contributed by atoms with E-state index in [0.29, 0.717) is 6.42 Å². The first-order valence-corrected chi connectivity index (χ1v) is 4.12. The molecule has 0 aromatic carbocycles. The second-order valence-electron chi connectivity index (χ2n) is 1.45. The fraction of sp³-hybridized carbons (Fsp3) is 0.286. The van der Waals surface area contributed by atoms with Gasteiger partial charge < -0.3 is 9.21 Å². The molecular formula is C7H11O2P. The Balaban J connectivity index is 0.000000371.